The first-order valence-electron chi connectivity index (χ1n) is 12.0. The molecule has 3 nitrogen and oxygen atoms in total. The number of fused-ring (bicyclic) bond motifs is 2. The van der Waals surface area contributed by atoms with Crippen molar-refractivity contribution in [3.8, 4) is 0 Å². The molecule has 0 unspecified atom stereocenters. The van der Waals surface area contributed by atoms with Gasteiger partial charge in [0.25, 0.3) is 0 Å². The van der Waals surface area contributed by atoms with Gasteiger partial charge in [0.05, 0.1) is 0 Å². The highest BCUT2D eigenvalue weighted by atomic mass is 32.2. The fraction of sp³-hybridized carbons (Fsp3) is 0.286. The van der Waals surface area contributed by atoms with Crippen LogP contribution in [0, 0.1) is 0 Å². The van der Waals surface area contributed by atoms with E-state index in [4.69, 9.17) is 9.05 Å². The molecule has 6 rings (SSSR count). The molecule has 0 atom stereocenters. The summed E-state index contributed by atoms with van der Waals surface area (Å²) >= 11 is 3.69. The third kappa shape index (κ3) is 4.64. The zero-order valence-corrected chi connectivity index (χ0v) is 21.5. The van der Waals surface area contributed by atoms with Crippen LogP contribution in [-0.4, -0.2) is 4.89 Å². The molecular weight excluding hydrogens is 479 g/mol. The quantitative estimate of drug-likeness (QED) is 0.419. The van der Waals surface area contributed by atoms with Gasteiger partial charge in [0.1, 0.15) is 11.5 Å². The van der Waals surface area contributed by atoms with Crippen molar-refractivity contribution in [3.05, 3.63) is 92.8 Å². The molecule has 0 fully saturated rings. The summed E-state index contributed by atoms with van der Waals surface area (Å²) in [5, 5.41) is 0. The van der Waals surface area contributed by atoms with E-state index in [9.17, 15) is 4.89 Å². The van der Waals surface area contributed by atoms with Crippen LogP contribution < -0.4 is 0 Å². The Morgan fingerprint density at radius 1 is 0.618 bits per heavy atom. The van der Waals surface area contributed by atoms with Crippen molar-refractivity contribution < 1.29 is 13.9 Å². The largest absolute Gasteiger partial charge is 0.460 e. The molecule has 2 aromatic rings. The van der Waals surface area contributed by atoms with E-state index in [2.05, 4.69) is 48.6 Å². The van der Waals surface area contributed by atoms with Crippen molar-refractivity contribution >= 4 is 43.6 Å². The molecule has 0 aromatic heterocycles. The third-order valence-electron chi connectivity index (χ3n) is 6.65. The Hall–Kier alpha value is -1.91. The van der Waals surface area contributed by atoms with E-state index in [0.717, 1.165) is 36.8 Å². The molecule has 2 aliphatic carbocycles. The van der Waals surface area contributed by atoms with Crippen LogP contribution in [-0.2, 0) is 9.05 Å². The molecule has 1 N–H and O–H groups in total. The lowest BCUT2D eigenvalue weighted by Gasteiger charge is -2.18. The standard InChI is InChI=1S/C28H27O3PS2/c29-32(30-23-17-19-9-1-5-13-25(19)33-27-15-7-3-11-21(23)27)31-24-18-20-10-2-6-14-26(20)34-28-16-8-4-12-22(24)28/h3-4,7-8,11-12,15-18,29H,1-2,5-6,9-10,13-14H2. The summed E-state index contributed by atoms with van der Waals surface area (Å²) in [6.07, 6.45) is 13.5. The minimum Gasteiger partial charge on any atom is -0.417 e. The van der Waals surface area contributed by atoms with Crippen molar-refractivity contribution in [2.75, 3.05) is 0 Å². The van der Waals surface area contributed by atoms with Crippen molar-refractivity contribution in [2.45, 2.75) is 61.2 Å². The Bertz CT molecular complexity index is 1150. The normalized spacial score (nSPS) is 19.7. The Morgan fingerprint density at radius 2 is 1.06 bits per heavy atom. The molecule has 2 aromatic carbocycles. The van der Waals surface area contributed by atoms with Gasteiger partial charge in [0, 0.05) is 20.9 Å². The van der Waals surface area contributed by atoms with E-state index in [1.54, 1.807) is 0 Å². The van der Waals surface area contributed by atoms with Crippen molar-refractivity contribution in [3.63, 3.8) is 0 Å². The second kappa shape index (κ2) is 9.99. The molecule has 174 valence electrons. The average molecular weight is 507 g/mol. The fourth-order valence-electron chi connectivity index (χ4n) is 4.93. The number of rotatable bonds is 4. The molecule has 0 amide bonds. The van der Waals surface area contributed by atoms with E-state index in [1.165, 1.54) is 56.4 Å². The second-order valence-electron chi connectivity index (χ2n) is 8.95. The van der Waals surface area contributed by atoms with Gasteiger partial charge in [-0.1, -0.05) is 59.9 Å². The Kier molecular flexibility index (Phi) is 6.62. The maximum atomic E-state index is 11.1. The summed E-state index contributed by atoms with van der Waals surface area (Å²) in [5.74, 6) is 1.41. The molecule has 0 spiro atoms. The van der Waals surface area contributed by atoms with Gasteiger partial charge in [0.15, 0.2) is 0 Å². The Labute approximate surface area is 211 Å². The third-order valence-corrected chi connectivity index (χ3v) is 9.93. The van der Waals surface area contributed by atoms with Crippen molar-refractivity contribution in [1.29, 1.82) is 0 Å². The smallest absolute Gasteiger partial charge is 0.417 e. The lowest BCUT2D eigenvalue weighted by atomic mass is 9.98. The van der Waals surface area contributed by atoms with E-state index in [1.807, 2.05) is 35.7 Å². The number of allylic oxidation sites excluding steroid dienone is 6. The first-order valence-corrected chi connectivity index (χ1v) is 14.8. The maximum absolute atomic E-state index is 11.1. The molecule has 4 aliphatic rings. The van der Waals surface area contributed by atoms with Crippen LogP contribution in [0.3, 0.4) is 0 Å². The van der Waals surface area contributed by atoms with Gasteiger partial charge in [-0.2, -0.15) is 0 Å². The predicted molar refractivity (Wildman–Crippen MR) is 143 cm³/mol. The van der Waals surface area contributed by atoms with Crippen LogP contribution in [0.25, 0.3) is 11.5 Å². The molecule has 2 heterocycles. The lowest BCUT2D eigenvalue weighted by molar-refractivity contribution is 0.346. The SMILES string of the molecule is OP(OC1=CC2=C(CCCC2)Sc2ccccc21)OC1=CC2=C(CCCC2)Sc2ccccc21. The molecule has 6 heteroatoms. The van der Waals surface area contributed by atoms with Gasteiger partial charge >= 0.3 is 8.60 Å². The molecule has 0 saturated carbocycles. The summed E-state index contributed by atoms with van der Waals surface area (Å²) in [7, 11) is -2.15. The highest BCUT2D eigenvalue weighted by Gasteiger charge is 2.27. The van der Waals surface area contributed by atoms with Crippen LogP contribution >= 0.6 is 32.1 Å². The van der Waals surface area contributed by atoms with Gasteiger partial charge in [0.2, 0.25) is 0 Å². The zero-order valence-electron chi connectivity index (χ0n) is 19.0. The summed E-state index contributed by atoms with van der Waals surface area (Å²) in [5.41, 5.74) is 4.71. The van der Waals surface area contributed by atoms with E-state index < -0.39 is 8.60 Å². The molecular formula is C28H27O3PS2. The molecule has 2 aliphatic heterocycles. The molecule has 0 bridgehead atoms. The van der Waals surface area contributed by atoms with E-state index >= 15 is 0 Å². The average Bonchev–Trinajstić information content (AvgIpc) is 3.11. The van der Waals surface area contributed by atoms with Crippen molar-refractivity contribution in [1.82, 2.24) is 0 Å². The summed E-state index contributed by atoms with van der Waals surface area (Å²) in [6.45, 7) is 0. The van der Waals surface area contributed by atoms with Gasteiger partial charge in [-0.25, -0.2) is 0 Å². The minimum atomic E-state index is -2.15. The summed E-state index contributed by atoms with van der Waals surface area (Å²) in [6, 6.07) is 16.6. The second-order valence-corrected chi connectivity index (χ2v) is 12.1. The van der Waals surface area contributed by atoms with Crippen LogP contribution in [0.4, 0.5) is 0 Å². The predicted octanol–water partition coefficient (Wildman–Crippen LogP) is 9.19. The maximum Gasteiger partial charge on any atom is 0.460 e. The Morgan fingerprint density at radius 3 is 1.56 bits per heavy atom. The molecule has 0 radical (unpaired) electrons. The highest BCUT2D eigenvalue weighted by Crippen LogP contribution is 2.51. The first kappa shape index (κ1) is 22.5. The Balaban J connectivity index is 1.31. The zero-order chi connectivity index (χ0) is 22.9. The van der Waals surface area contributed by atoms with E-state index in [0.29, 0.717) is 11.5 Å². The first-order chi connectivity index (χ1) is 16.7. The number of thioether (sulfide) groups is 2. The highest BCUT2D eigenvalue weighted by molar-refractivity contribution is 8.03. The van der Waals surface area contributed by atoms with E-state index in [-0.39, 0.29) is 0 Å². The van der Waals surface area contributed by atoms with Gasteiger partial charge in [-0.05, 0) is 96.6 Å². The molecule has 34 heavy (non-hydrogen) atoms. The van der Waals surface area contributed by atoms with Crippen LogP contribution in [0.2, 0.25) is 0 Å². The lowest BCUT2D eigenvalue weighted by Crippen LogP contribution is -1.97. The topological polar surface area (TPSA) is 38.7 Å². The summed E-state index contributed by atoms with van der Waals surface area (Å²) < 4.78 is 12.4. The minimum absolute atomic E-state index is 0.707. The van der Waals surface area contributed by atoms with Gasteiger partial charge in [-0.3, -0.25) is 0 Å². The number of hydrogen-bond acceptors (Lipinski definition) is 5. The van der Waals surface area contributed by atoms with Crippen LogP contribution in [0.1, 0.15) is 62.5 Å². The van der Waals surface area contributed by atoms with Gasteiger partial charge in [-0.15, -0.1) is 0 Å². The fourth-order valence-corrected chi connectivity index (χ4v) is 8.07. The monoisotopic (exact) mass is 506 g/mol. The summed E-state index contributed by atoms with van der Waals surface area (Å²) in [4.78, 5) is 16.3. The van der Waals surface area contributed by atoms with Crippen LogP contribution in [0.15, 0.2) is 91.4 Å². The van der Waals surface area contributed by atoms with Crippen molar-refractivity contribution in [2.24, 2.45) is 0 Å². The van der Waals surface area contributed by atoms with Gasteiger partial charge < -0.3 is 13.9 Å². The number of benzene rings is 2. The number of hydrogen-bond donors (Lipinski definition) is 1. The molecule has 0 saturated heterocycles. The van der Waals surface area contributed by atoms with Crippen LogP contribution in [0.5, 0.6) is 0 Å².